The van der Waals surface area contributed by atoms with Crippen molar-refractivity contribution in [3.63, 3.8) is 0 Å². The van der Waals surface area contributed by atoms with Crippen LogP contribution >= 0.6 is 12.2 Å². The molecule has 5 heteroatoms. The molecule has 2 rings (SSSR count). The van der Waals surface area contributed by atoms with E-state index < -0.39 is 0 Å². The molecule has 0 fully saturated rings. The van der Waals surface area contributed by atoms with Crippen LogP contribution in [0.3, 0.4) is 0 Å². The number of nitrogens with zero attached hydrogens (tertiary/aromatic N) is 1. The summed E-state index contributed by atoms with van der Waals surface area (Å²) < 4.78 is 7.31. The number of hydrogen-bond acceptors (Lipinski definition) is 3. The van der Waals surface area contributed by atoms with E-state index in [-0.39, 0.29) is 11.6 Å². The molecule has 0 aliphatic rings. The molecule has 1 aromatic carbocycles. The van der Waals surface area contributed by atoms with Crippen molar-refractivity contribution in [2.45, 2.75) is 25.8 Å². The van der Waals surface area contributed by atoms with Crippen LogP contribution in [0, 0.1) is 4.77 Å². The molecule has 19 heavy (non-hydrogen) atoms. The fourth-order valence-electron chi connectivity index (χ4n) is 2.32. The van der Waals surface area contributed by atoms with E-state index in [1.165, 1.54) is 0 Å². The van der Waals surface area contributed by atoms with Gasteiger partial charge in [-0.05, 0) is 30.8 Å². The summed E-state index contributed by atoms with van der Waals surface area (Å²) in [5.41, 5.74) is 0.733. The summed E-state index contributed by atoms with van der Waals surface area (Å²) in [6, 6.07) is 7.40. The topological polar surface area (TPSA) is 47.0 Å². The van der Waals surface area contributed by atoms with Gasteiger partial charge in [0.2, 0.25) is 0 Å². The molecule has 0 amide bonds. The predicted molar refractivity (Wildman–Crippen MR) is 79.2 cm³/mol. The summed E-state index contributed by atoms with van der Waals surface area (Å²) in [7, 11) is 1.64. The maximum Gasteiger partial charge on any atom is 0.262 e. The average molecular weight is 278 g/mol. The Morgan fingerprint density at radius 1 is 1.42 bits per heavy atom. The largest absolute Gasteiger partial charge is 0.383 e. The van der Waals surface area contributed by atoms with Gasteiger partial charge in [0.25, 0.3) is 5.56 Å². The molecule has 0 spiro atoms. The number of aromatic nitrogens is 2. The standard InChI is InChI=1S/C14H18N2O2S/c1-3-6-10(9-18-2)16-13(17)11-7-4-5-8-12(11)15-14(16)19/h4-5,7-8,10H,3,6,9H2,1-2H3,(H,15,19). The van der Waals surface area contributed by atoms with E-state index in [1.54, 1.807) is 11.7 Å². The molecule has 1 aromatic heterocycles. The zero-order chi connectivity index (χ0) is 13.8. The van der Waals surface area contributed by atoms with Crippen LogP contribution in [0.15, 0.2) is 29.1 Å². The highest BCUT2D eigenvalue weighted by Crippen LogP contribution is 2.15. The van der Waals surface area contributed by atoms with Crippen LogP contribution < -0.4 is 5.56 Å². The molecule has 0 saturated heterocycles. The fraction of sp³-hybridized carbons (Fsp3) is 0.429. The highest BCUT2D eigenvalue weighted by molar-refractivity contribution is 7.71. The minimum atomic E-state index is -0.0464. The van der Waals surface area contributed by atoms with Crippen molar-refractivity contribution in [3.8, 4) is 0 Å². The molecule has 0 aliphatic heterocycles. The number of ether oxygens (including phenoxy) is 1. The van der Waals surface area contributed by atoms with E-state index in [4.69, 9.17) is 17.0 Å². The van der Waals surface area contributed by atoms with Gasteiger partial charge in [-0.3, -0.25) is 9.36 Å². The molecule has 1 N–H and O–H groups in total. The molecule has 1 heterocycles. The van der Waals surface area contributed by atoms with Gasteiger partial charge >= 0.3 is 0 Å². The van der Waals surface area contributed by atoms with Crippen LogP contribution in [0.5, 0.6) is 0 Å². The number of para-hydroxylation sites is 1. The number of rotatable bonds is 5. The van der Waals surface area contributed by atoms with E-state index in [0.29, 0.717) is 16.8 Å². The monoisotopic (exact) mass is 278 g/mol. The van der Waals surface area contributed by atoms with Gasteiger partial charge in [0.05, 0.1) is 23.6 Å². The van der Waals surface area contributed by atoms with Crippen LogP contribution in [0.25, 0.3) is 10.9 Å². The summed E-state index contributed by atoms with van der Waals surface area (Å²) in [5.74, 6) is 0. The number of H-pyrrole nitrogens is 1. The lowest BCUT2D eigenvalue weighted by Crippen LogP contribution is -2.29. The van der Waals surface area contributed by atoms with Crippen LogP contribution in [-0.2, 0) is 4.74 Å². The highest BCUT2D eigenvalue weighted by atomic mass is 32.1. The molecule has 0 saturated carbocycles. The zero-order valence-corrected chi connectivity index (χ0v) is 12.0. The van der Waals surface area contributed by atoms with Crippen molar-refractivity contribution >= 4 is 23.1 Å². The highest BCUT2D eigenvalue weighted by Gasteiger charge is 2.15. The number of benzene rings is 1. The molecule has 2 aromatic rings. The quantitative estimate of drug-likeness (QED) is 0.855. The van der Waals surface area contributed by atoms with Gasteiger partial charge in [0.1, 0.15) is 0 Å². The van der Waals surface area contributed by atoms with Gasteiger partial charge < -0.3 is 9.72 Å². The Morgan fingerprint density at radius 2 is 2.16 bits per heavy atom. The van der Waals surface area contributed by atoms with Crippen LogP contribution in [0.2, 0.25) is 0 Å². The van der Waals surface area contributed by atoms with Gasteiger partial charge in [-0.2, -0.15) is 0 Å². The van der Waals surface area contributed by atoms with E-state index in [1.807, 2.05) is 24.3 Å². The third kappa shape index (κ3) is 2.77. The Balaban J connectivity index is 2.65. The molecule has 102 valence electrons. The Kier molecular flexibility index (Phi) is 4.50. The Morgan fingerprint density at radius 3 is 2.84 bits per heavy atom. The van der Waals surface area contributed by atoms with Crippen molar-refractivity contribution in [1.82, 2.24) is 9.55 Å². The first-order valence-corrected chi connectivity index (χ1v) is 6.82. The van der Waals surface area contributed by atoms with Gasteiger partial charge in [-0.15, -0.1) is 0 Å². The number of methoxy groups -OCH3 is 1. The third-order valence-corrected chi connectivity index (χ3v) is 3.48. The maximum absolute atomic E-state index is 12.6. The first-order valence-electron chi connectivity index (χ1n) is 6.41. The van der Waals surface area contributed by atoms with Crippen LogP contribution in [0.4, 0.5) is 0 Å². The van der Waals surface area contributed by atoms with Crippen molar-refractivity contribution in [1.29, 1.82) is 0 Å². The minimum Gasteiger partial charge on any atom is -0.383 e. The van der Waals surface area contributed by atoms with E-state index in [0.717, 1.165) is 18.4 Å². The molecular formula is C14H18N2O2S. The van der Waals surface area contributed by atoms with E-state index >= 15 is 0 Å². The second-order valence-electron chi connectivity index (χ2n) is 4.55. The predicted octanol–water partition coefficient (Wildman–Crippen LogP) is 3.05. The SMILES string of the molecule is CCCC(COC)n1c(=S)[nH]c2ccccc2c1=O. The van der Waals surface area contributed by atoms with Gasteiger partial charge in [-0.25, -0.2) is 0 Å². The van der Waals surface area contributed by atoms with E-state index in [2.05, 4.69) is 11.9 Å². The van der Waals surface area contributed by atoms with Crippen LogP contribution in [0.1, 0.15) is 25.8 Å². The lowest BCUT2D eigenvalue weighted by atomic mass is 10.1. The lowest BCUT2D eigenvalue weighted by molar-refractivity contribution is 0.148. The number of hydrogen-bond donors (Lipinski definition) is 1. The summed E-state index contributed by atoms with van der Waals surface area (Å²) >= 11 is 5.32. The smallest absolute Gasteiger partial charge is 0.262 e. The molecule has 1 atom stereocenters. The van der Waals surface area contributed by atoms with E-state index in [9.17, 15) is 4.79 Å². The van der Waals surface area contributed by atoms with Crippen molar-refractivity contribution in [2.75, 3.05) is 13.7 Å². The fourth-order valence-corrected chi connectivity index (χ4v) is 2.66. The first kappa shape index (κ1) is 14.0. The lowest BCUT2D eigenvalue weighted by Gasteiger charge is -2.19. The van der Waals surface area contributed by atoms with Gasteiger partial charge in [0.15, 0.2) is 4.77 Å². The minimum absolute atomic E-state index is 0.0177. The molecule has 0 aliphatic carbocycles. The summed E-state index contributed by atoms with van der Waals surface area (Å²) in [4.78, 5) is 15.7. The molecular weight excluding hydrogens is 260 g/mol. The summed E-state index contributed by atoms with van der Waals surface area (Å²) in [6.45, 7) is 2.57. The van der Waals surface area contributed by atoms with Gasteiger partial charge in [-0.1, -0.05) is 25.5 Å². The number of fused-ring (bicyclic) bond motifs is 1. The molecule has 0 bridgehead atoms. The third-order valence-electron chi connectivity index (χ3n) is 3.18. The van der Waals surface area contributed by atoms with Gasteiger partial charge in [0, 0.05) is 7.11 Å². The molecule has 0 radical (unpaired) electrons. The molecule has 4 nitrogen and oxygen atoms in total. The van der Waals surface area contributed by atoms with Crippen molar-refractivity contribution in [2.24, 2.45) is 0 Å². The second kappa shape index (κ2) is 6.12. The zero-order valence-electron chi connectivity index (χ0n) is 11.2. The summed E-state index contributed by atoms with van der Waals surface area (Å²) in [6.07, 6.45) is 1.84. The summed E-state index contributed by atoms with van der Waals surface area (Å²) in [5, 5.41) is 0.660. The van der Waals surface area contributed by atoms with Crippen molar-refractivity contribution < 1.29 is 4.74 Å². The number of nitrogens with one attached hydrogen (secondary N) is 1. The Bertz CT molecular complexity index is 669. The Hall–Kier alpha value is -1.46. The number of aromatic amines is 1. The van der Waals surface area contributed by atoms with Crippen LogP contribution in [-0.4, -0.2) is 23.3 Å². The second-order valence-corrected chi connectivity index (χ2v) is 4.94. The molecule has 1 unspecified atom stereocenters. The Labute approximate surface area is 117 Å². The maximum atomic E-state index is 12.6. The normalized spacial score (nSPS) is 12.7. The van der Waals surface area contributed by atoms with Crippen molar-refractivity contribution in [3.05, 3.63) is 39.4 Å². The first-order chi connectivity index (χ1) is 9.19. The average Bonchev–Trinajstić information content (AvgIpc) is 2.39.